The number of methoxy groups -OCH3 is 1. The number of nitrogens with zero attached hydrogens (tertiary/aromatic N) is 1. The summed E-state index contributed by atoms with van der Waals surface area (Å²) in [6.45, 7) is 0. The predicted molar refractivity (Wildman–Crippen MR) is 72.1 cm³/mol. The second-order valence-corrected chi connectivity index (χ2v) is 5.41. The van der Waals surface area contributed by atoms with E-state index < -0.39 is 11.9 Å². The molecule has 1 aliphatic rings. The zero-order chi connectivity index (χ0) is 14.1. The van der Waals surface area contributed by atoms with Crippen molar-refractivity contribution in [2.24, 2.45) is 0 Å². The molecule has 1 saturated carbocycles. The summed E-state index contributed by atoms with van der Waals surface area (Å²) >= 11 is 1.25. The minimum absolute atomic E-state index is 0.219. The van der Waals surface area contributed by atoms with Crippen molar-refractivity contribution >= 4 is 28.2 Å². The fraction of sp³-hybridized carbons (Fsp3) is 0.308. The first kappa shape index (κ1) is 12.9. The van der Waals surface area contributed by atoms with E-state index in [1.165, 1.54) is 18.4 Å². The van der Waals surface area contributed by atoms with Gasteiger partial charge in [-0.05, 0) is 24.3 Å². The Bertz CT molecular complexity index is 657. The number of ether oxygens (including phenoxy) is 1. The van der Waals surface area contributed by atoms with Crippen LogP contribution in [-0.2, 0) is 4.74 Å². The molecule has 2 aromatic rings. The van der Waals surface area contributed by atoms with E-state index in [0.717, 1.165) is 18.6 Å². The largest absolute Gasteiger partial charge is 0.465 e. The Morgan fingerprint density at radius 1 is 1.50 bits per heavy atom. The van der Waals surface area contributed by atoms with Crippen molar-refractivity contribution in [1.29, 1.82) is 0 Å². The van der Waals surface area contributed by atoms with Gasteiger partial charge in [-0.25, -0.2) is 4.79 Å². The summed E-state index contributed by atoms with van der Waals surface area (Å²) in [6, 6.07) is 3.25. The second-order valence-electron chi connectivity index (χ2n) is 4.50. The molecule has 7 heteroatoms. The normalized spacial score (nSPS) is 14.1. The lowest BCUT2D eigenvalue weighted by Crippen LogP contribution is -2.14. The maximum atomic E-state index is 12.1. The summed E-state index contributed by atoms with van der Waals surface area (Å²) in [6.07, 6.45) is 2.15. The molecule has 1 N–H and O–H groups in total. The molecule has 2 heterocycles. The van der Waals surface area contributed by atoms with Gasteiger partial charge >= 0.3 is 5.97 Å². The van der Waals surface area contributed by atoms with Gasteiger partial charge in [-0.1, -0.05) is 5.16 Å². The molecule has 0 aliphatic heterocycles. The van der Waals surface area contributed by atoms with Crippen LogP contribution in [0, 0.1) is 0 Å². The molecule has 1 aliphatic carbocycles. The zero-order valence-corrected chi connectivity index (χ0v) is 11.5. The van der Waals surface area contributed by atoms with Crippen molar-refractivity contribution in [3.05, 3.63) is 34.5 Å². The molecule has 0 radical (unpaired) electrons. The number of hydrogen-bond acceptors (Lipinski definition) is 6. The predicted octanol–water partition coefficient (Wildman–Crippen LogP) is 2.65. The second kappa shape index (κ2) is 5.09. The summed E-state index contributed by atoms with van der Waals surface area (Å²) in [7, 11) is 1.30. The van der Waals surface area contributed by atoms with E-state index in [4.69, 9.17) is 4.52 Å². The molecule has 1 amide bonds. The molecule has 0 bridgehead atoms. The van der Waals surface area contributed by atoms with Crippen LogP contribution in [0.3, 0.4) is 0 Å². The number of aromatic nitrogens is 1. The first-order valence-electron chi connectivity index (χ1n) is 6.13. The van der Waals surface area contributed by atoms with Gasteiger partial charge in [-0.15, -0.1) is 11.3 Å². The first-order chi connectivity index (χ1) is 9.69. The third-order valence-electron chi connectivity index (χ3n) is 3.04. The summed E-state index contributed by atoms with van der Waals surface area (Å²) < 4.78 is 9.78. The van der Waals surface area contributed by atoms with Crippen LogP contribution in [0.4, 0.5) is 5.00 Å². The van der Waals surface area contributed by atoms with Gasteiger partial charge in [0.2, 0.25) is 0 Å². The maximum Gasteiger partial charge on any atom is 0.340 e. The van der Waals surface area contributed by atoms with Gasteiger partial charge in [0.05, 0.1) is 12.7 Å². The van der Waals surface area contributed by atoms with E-state index in [1.807, 2.05) is 0 Å². The summed E-state index contributed by atoms with van der Waals surface area (Å²) in [4.78, 5) is 23.6. The number of thiophene rings is 1. The standard InChI is InChI=1S/C13H12N2O4S/c1-18-13(17)8-4-5-20-12(8)14-11(16)9-6-10(19-15-9)7-2-3-7/h4-7H,2-3H2,1H3,(H,14,16). The quantitative estimate of drug-likeness (QED) is 0.876. The van der Waals surface area contributed by atoms with E-state index >= 15 is 0 Å². The summed E-state index contributed by atoms with van der Waals surface area (Å²) in [5, 5.41) is 8.56. The molecule has 3 rings (SSSR count). The Morgan fingerprint density at radius 2 is 2.30 bits per heavy atom. The van der Waals surface area contributed by atoms with E-state index in [0.29, 0.717) is 16.5 Å². The fourth-order valence-corrected chi connectivity index (χ4v) is 2.57. The summed E-state index contributed by atoms with van der Waals surface area (Å²) in [5.74, 6) is 0.263. The van der Waals surface area contributed by atoms with Crippen LogP contribution in [0.25, 0.3) is 0 Å². The number of carbonyl (C=O) groups excluding carboxylic acids is 2. The van der Waals surface area contributed by atoms with Gasteiger partial charge in [-0.2, -0.15) is 0 Å². The van der Waals surface area contributed by atoms with E-state index in [-0.39, 0.29) is 5.69 Å². The molecule has 1 fully saturated rings. The van der Waals surface area contributed by atoms with E-state index in [9.17, 15) is 9.59 Å². The van der Waals surface area contributed by atoms with Gasteiger partial charge in [-0.3, -0.25) is 4.79 Å². The average molecular weight is 292 g/mol. The third kappa shape index (κ3) is 2.44. The molecular formula is C13H12N2O4S. The third-order valence-corrected chi connectivity index (χ3v) is 3.87. The first-order valence-corrected chi connectivity index (χ1v) is 7.00. The summed E-state index contributed by atoms with van der Waals surface area (Å²) in [5.41, 5.74) is 0.549. The van der Waals surface area contributed by atoms with Crippen molar-refractivity contribution in [1.82, 2.24) is 5.16 Å². The lowest BCUT2D eigenvalue weighted by molar-refractivity contribution is 0.0602. The van der Waals surface area contributed by atoms with E-state index in [2.05, 4.69) is 15.2 Å². The molecule has 0 atom stereocenters. The molecule has 0 spiro atoms. The molecule has 2 aromatic heterocycles. The highest BCUT2D eigenvalue weighted by Gasteiger charge is 2.29. The number of hydrogen-bond donors (Lipinski definition) is 1. The minimum Gasteiger partial charge on any atom is -0.465 e. The maximum absolute atomic E-state index is 12.1. The Morgan fingerprint density at radius 3 is 3.00 bits per heavy atom. The lowest BCUT2D eigenvalue weighted by Gasteiger charge is -2.02. The van der Waals surface area contributed by atoms with E-state index in [1.54, 1.807) is 17.5 Å². The topological polar surface area (TPSA) is 81.4 Å². The van der Waals surface area contributed by atoms with Crippen molar-refractivity contribution in [3.8, 4) is 0 Å². The molecule has 0 aromatic carbocycles. The van der Waals surface area contributed by atoms with Crippen LogP contribution in [0.5, 0.6) is 0 Å². The van der Waals surface area contributed by atoms with Crippen LogP contribution < -0.4 is 5.32 Å². The Labute approximate surface area is 118 Å². The fourth-order valence-electron chi connectivity index (χ4n) is 1.80. The number of carbonyl (C=O) groups is 2. The number of rotatable bonds is 4. The van der Waals surface area contributed by atoms with Crippen LogP contribution in [0.2, 0.25) is 0 Å². The minimum atomic E-state index is -0.486. The number of anilines is 1. The smallest absolute Gasteiger partial charge is 0.340 e. The highest BCUT2D eigenvalue weighted by atomic mass is 32.1. The zero-order valence-electron chi connectivity index (χ0n) is 10.7. The van der Waals surface area contributed by atoms with Crippen molar-refractivity contribution < 1.29 is 18.8 Å². The van der Waals surface area contributed by atoms with Crippen molar-refractivity contribution in [2.45, 2.75) is 18.8 Å². The lowest BCUT2D eigenvalue weighted by atomic mass is 10.2. The monoisotopic (exact) mass is 292 g/mol. The van der Waals surface area contributed by atoms with Crippen LogP contribution in [0.1, 0.15) is 45.4 Å². The molecular weight excluding hydrogens is 280 g/mol. The van der Waals surface area contributed by atoms with Gasteiger partial charge in [0.1, 0.15) is 10.8 Å². The van der Waals surface area contributed by atoms with Gasteiger partial charge in [0, 0.05) is 12.0 Å². The number of esters is 1. The van der Waals surface area contributed by atoms with Crippen molar-refractivity contribution in [2.75, 3.05) is 12.4 Å². The number of amides is 1. The van der Waals surface area contributed by atoms with Crippen LogP contribution >= 0.6 is 11.3 Å². The van der Waals surface area contributed by atoms with Crippen molar-refractivity contribution in [3.63, 3.8) is 0 Å². The average Bonchev–Trinajstić information content (AvgIpc) is 3.01. The van der Waals surface area contributed by atoms with Gasteiger partial charge < -0.3 is 14.6 Å². The number of nitrogens with one attached hydrogen (secondary N) is 1. The molecule has 104 valence electrons. The Hall–Kier alpha value is -2.15. The van der Waals surface area contributed by atoms with Crippen LogP contribution in [0.15, 0.2) is 22.0 Å². The molecule has 20 heavy (non-hydrogen) atoms. The molecule has 6 nitrogen and oxygen atoms in total. The Balaban J connectivity index is 1.74. The molecule has 0 unspecified atom stereocenters. The molecule has 0 saturated heterocycles. The van der Waals surface area contributed by atoms with Crippen LogP contribution in [-0.4, -0.2) is 24.1 Å². The highest BCUT2D eigenvalue weighted by molar-refractivity contribution is 7.14. The SMILES string of the molecule is COC(=O)c1ccsc1NC(=O)c1cc(C2CC2)on1. The highest BCUT2D eigenvalue weighted by Crippen LogP contribution is 2.40. The Kier molecular flexibility index (Phi) is 3.27. The van der Waals surface area contributed by atoms with Gasteiger partial charge in [0.25, 0.3) is 5.91 Å². The van der Waals surface area contributed by atoms with Gasteiger partial charge in [0.15, 0.2) is 5.69 Å².